The molecule has 8 nitrogen and oxygen atoms in total. The lowest BCUT2D eigenvalue weighted by Crippen LogP contribution is -2.33. The number of nitriles is 1. The summed E-state index contributed by atoms with van der Waals surface area (Å²) in [6, 6.07) is 15.4. The van der Waals surface area contributed by atoms with Gasteiger partial charge < -0.3 is 5.32 Å². The number of benzene rings is 2. The van der Waals surface area contributed by atoms with Gasteiger partial charge in [0.25, 0.3) is 10.0 Å². The molecule has 32 heavy (non-hydrogen) atoms. The third-order valence-corrected chi connectivity index (χ3v) is 6.15. The van der Waals surface area contributed by atoms with E-state index in [9.17, 15) is 13.2 Å². The molecule has 1 aliphatic rings. The minimum Gasteiger partial charge on any atom is -0.325 e. The van der Waals surface area contributed by atoms with Crippen LogP contribution < -0.4 is 10.0 Å². The summed E-state index contributed by atoms with van der Waals surface area (Å²) < 4.78 is 27.7. The number of anilines is 1. The molecule has 0 aliphatic carbocycles. The predicted molar refractivity (Wildman–Crippen MR) is 124 cm³/mol. The van der Waals surface area contributed by atoms with Crippen molar-refractivity contribution in [3.8, 4) is 6.07 Å². The number of carbonyl (C=O) groups is 1. The first-order valence-electron chi connectivity index (χ1n) is 10.2. The van der Waals surface area contributed by atoms with Crippen LogP contribution in [-0.4, -0.2) is 44.7 Å². The normalized spacial score (nSPS) is 13.3. The Labute approximate surface area is 188 Å². The van der Waals surface area contributed by atoms with E-state index < -0.39 is 10.0 Å². The summed E-state index contributed by atoms with van der Waals surface area (Å²) in [6.07, 6.45) is 3.13. The Morgan fingerprint density at radius 1 is 1.25 bits per heavy atom. The summed E-state index contributed by atoms with van der Waals surface area (Å²) in [4.78, 5) is 18.7. The van der Waals surface area contributed by atoms with E-state index >= 15 is 0 Å². The zero-order valence-electron chi connectivity index (χ0n) is 17.6. The lowest BCUT2D eigenvalue weighted by Gasteiger charge is -2.20. The van der Waals surface area contributed by atoms with Gasteiger partial charge in [0, 0.05) is 31.7 Å². The minimum atomic E-state index is -3.76. The Morgan fingerprint density at radius 2 is 2.06 bits per heavy atom. The number of hydrogen-bond donors (Lipinski definition) is 2. The molecule has 0 aromatic heterocycles. The van der Waals surface area contributed by atoms with Crippen LogP contribution in [0.5, 0.6) is 0 Å². The van der Waals surface area contributed by atoms with Crippen LogP contribution in [0.15, 0.2) is 71.1 Å². The number of nitrogens with one attached hydrogen (secondary N) is 2. The molecule has 166 valence electrons. The zero-order chi connectivity index (χ0) is 23.0. The number of sulfonamides is 1. The van der Waals surface area contributed by atoms with Crippen molar-refractivity contribution in [1.82, 2.24) is 9.62 Å². The van der Waals surface area contributed by atoms with Crippen LogP contribution in [0.3, 0.4) is 0 Å². The number of amidine groups is 1. The standard InChI is InChI=1S/C23H25N5O3S/c1-2-12-28(16-19-7-3-6-18(13-19)15-24)17-23(29)26-20-8-4-9-21(14-20)32(30,31)27-22-10-5-11-25-22/h2-4,6-9,13-14H,1,5,10-12,16-17H2,(H,25,27)(H,26,29). The molecule has 9 heteroatoms. The van der Waals surface area contributed by atoms with Crippen LogP contribution in [0.2, 0.25) is 0 Å². The van der Waals surface area contributed by atoms with E-state index in [1.807, 2.05) is 11.0 Å². The minimum absolute atomic E-state index is 0.0566. The van der Waals surface area contributed by atoms with Gasteiger partial charge in [0.1, 0.15) is 5.84 Å². The highest BCUT2D eigenvalue weighted by atomic mass is 32.2. The molecule has 0 saturated carbocycles. The van der Waals surface area contributed by atoms with Crippen LogP contribution in [-0.2, 0) is 21.4 Å². The van der Waals surface area contributed by atoms with E-state index in [2.05, 4.69) is 27.7 Å². The average Bonchev–Trinajstić information content (AvgIpc) is 3.26. The zero-order valence-corrected chi connectivity index (χ0v) is 18.4. The summed E-state index contributed by atoms with van der Waals surface area (Å²) in [6.45, 7) is 5.38. The first-order chi connectivity index (χ1) is 15.4. The molecule has 1 amide bonds. The van der Waals surface area contributed by atoms with Crippen molar-refractivity contribution in [2.75, 3.05) is 25.0 Å². The van der Waals surface area contributed by atoms with Gasteiger partial charge in [-0.05, 0) is 42.3 Å². The molecule has 0 unspecified atom stereocenters. The van der Waals surface area contributed by atoms with Crippen LogP contribution in [0.1, 0.15) is 24.0 Å². The van der Waals surface area contributed by atoms with Crippen molar-refractivity contribution in [3.05, 3.63) is 72.3 Å². The highest BCUT2D eigenvalue weighted by Gasteiger charge is 2.19. The van der Waals surface area contributed by atoms with Crippen molar-refractivity contribution >= 4 is 27.5 Å². The third kappa shape index (κ3) is 6.51. The topological polar surface area (TPSA) is 115 Å². The van der Waals surface area contributed by atoms with Gasteiger partial charge in [0.15, 0.2) is 0 Å². The Kier molecular flexibility index (Phi) is 7.76. The molecule has 0 spiro atoms. The average molecular weight is 452 g/mol. The summed E-state index contributed by atoms with van der Waals surface area (Å²) in [5.41, 5.74) is 1.85. The van der Waals surface area contributed by atoms with Crippen LogP contribution >= 0.6 is 0 Å². The predicted octanol–water partition coefficient (Wildman–Crippen LogP) is 2.66. The van der Waals surface area contributed by atoms with Crippen LogP contribution in [0.4, 0.5) is 5.69 Å². The molecular formula is C23H25N5O3S. The third-order valence-electron chi connectivity index (χ3n) is 4.77. The molecular weight excluding hydrogens is 426 g/mol. The maximum absolute atomic E-state index is 12.6. The van der Waals surface area contributed by atoms with E-state index in [1.54, 1.807) is 36.4 Å². The summed E-state index contributed by atoms with van der Waals surface area (Å²) in [5.74, 6) is 0.172. The van der Waals surface area contributed by atoms with Gasteiger partial charge in [-0.15, -0.1) is 6.58 Å². The fourth-order valence-corrected chi connectivity index (χ4v) is 4.48. The van der Waals surface area contributed by atoms with Gasteiger partial charge in [-0.2, -0.15) is 5.26 Å². The second-order valence-electron chi connectivity index (χ2n) is 7.38. The molecule has 1 heterocycles. The molecule has 0 saturated heterocycles. The Hall–Kier alpha value is -3.48. The number of carbonyl (C=O) groups excluding carboxylic acids is 1. The SMILES string of the molecule is C=CCN(CC(=O)Nc1cccc(S(=O)(=O)NC2=NCCC2)c1)Cc1cccc(C#N)c1. The first-order valence-corrected chi connectivity index (χ1v) is 11.7. The second-order valence-corrected chi connectivity index (χ2v) is 9.07. The van der Waals surface area contributed by atoms with Crippen molar-refractivity contribution < 1.29 is 13.2 Å². The molecule has 2 N–H and O–H groups in total. The fraction of sp³-hybridized carbons (Fsp3) is 0.261. The maximum atomic E-state index is 12.6. The highest BCUT2D eigenvalue weighted by Crippen LogP contribution is 2.17. The van der Waals surface area contributed by atoms with Crippen molar-refractivity contribution in [3.63, 3.8) is 0 Å². The van der Waals surface area contributed by atoms with Crippen LogP contribution in [0, 0.1) is 11.3 Å². The first kappa shape index (κ1) is 23.2. The number of nitrogens with zero attached hydrogens (tertiary/aromatic N) is 3. The van der Waals surface area contributed by atoms with Crippen molar-refractivity contribution in [1.29, 1.82) is 5.26 Å². The molecule has 0 atom stereocenters. The Morgan fingerprint density at radius 3 is 2.78 bits per heavy atom. The molecule has 2 aromatic carbocycles. The Balaban J connectivity index is 1.65. The van der Waals surface area contributed by atoms with Crippen molar-refractivity contribution in [2.24, 2.45) is 4.99 Å². The maximum Gasteiger partial charge on any atom is 0.262 e. The summed E-state index contributed by atoms with van der Waals surface area (Å²) >= 11 is 0. The molecule has 0 radical (unpaired) electrons. The lowest BCUT2D eigenvalue weighted by atomic mass is 10.1. The van der Waals surface area contributed by atoms with E-state index in [1.165, 1.54) is 12.1 Å². The number of hydrogen-bond acceptors (Lipinski definition) is 6. The summed E-state index contributed by atoms with van der Waals surface area (Å²) in [5, 5.41) is 11.8. The van der Waals surface area contributed by atoms with E-state index in [-0.39, 0.29) is 17.3 Å². The van der Waals surface area contributed by atoms with Gasteiger partial charge >= 0.3 is 0 Å². The Bertz CT molecular complexity index is 1170. The van der Waals surface area contributed by atoms with Crippen molar-refractivity contribution in [2.45, 2.75) is 24.3 Å². The van der Waals surface area contributed by atoms with E-state index in [0.717, 1.165) is 12.0 Å². The van der Waals surface area contributed by atoms with Gasteiger partial charge in [0.05, 0.1) is 23.1 Å². The largest absolute Gasteiger partial charge is 0.325 e. The highest BCUT2D eigenvalue weighted by molar-refractivity contribution is 7.90. The second kappa shape index (κ2) is 10.7. The quantitative estimate of drug-likeness (QED) is 0.569. The monoisotopic (exact) mass is 451 g/mol. The fourth-order valence-electron chi connectivity index (χ4n) is 3.35. The van der Waals surface area contributed by atoms with E-state index in [0.29, 0.717) is 43.1 Å². The van der Waals surface area contributed by atoms with Crippen LogP contribution in [0.25, 0.3) is 0 Å². The molecule has 0 bridgehead atoms. The van der Waals surface area contributed by atoms with Gasteiger partial charge in [-0.1, -0.05) is 24.3 Å². The van der Waals surface area contributed by atoms with Gasteiger partial charge in [-0.25, -0.2) is 8.42 Å². The molecule has 2 aromatic rings. The van der Waals surface area contributed by atoms with Gasteiger partial charge in [0.2, 0.25) is 5.91 Å². The lowest BCUT2D eigenvalue weighted by molar-refractivity contribution is -0.117. The molecule has 0 fully saturated rings. The van der Waals surface area contributed by atoms with E-state index in [4.69, 9.17) is 5.26 Å². The smallest absolute Gasteiger partial charge is 0.262 e. The molecule has 3 rings (SSSR count). The summed E-state index contributed by atoms with van der Waals surface area (Å²) in [7, 11) is -3.76. The molecule has 1 aliphatic heterocycles. The van der Waals surface area contributed by atoms with Gasteiger partial charge in [-0.3, -0.25) is 19.4 Å². The number of rotatable bonds is 9. The number of amides is 1. The number of aliphatic imine (C=N–C) groups is 1.